The molecule has 0 bridgehead atoms. The van der Waals surface area contributed by atoms with Crippen molar-refractivity contribution in [2.24, 2.45) is 0 Å². The average Bonchev–Trinajstić information content (AvgIpc) is 3.09. The van der Waals surface area contributed by atoms with Crippen molar-refractivity contribution < 1.29 is 19.0 Å². The highest BCUT2D eigenvalue weighted by Crippen LogP contribution is 2.39. The second-order valence-corrected chi connectivity index (χ2v) is 7.72. The summed E-state index contributed by atoms with van der Waals surface area (Å²) in [4.78, 5) is 12.8. The van der Waals surface area contributed by atoms with Crippen LogP contribution in [0.2, 0.25) is 0 Å². The summed E-state index contributed by atoms with van der Waals surface area (Å²) in [6, 6.07) is 5.80. The van der Waals surface area contributed by atoms with E-state index in [1.165, 1.54) is 0 Å². The lowest BCUT2D eigenvalue weighted by Gasteiger charge is -2.37. The summed E-state index contributed by atoms with van der Waals surface area (Å²) in [6.07, 6.45) is 2.57. The van der Waals surface area contributed by atoms with Crippen LogP contribution in [0.1, 0.15) is 49.0 Å². The summed E-state index contributed by atoms with van der Waals surface area (Å²) in [6.45, 7) is 7.06. The van der Waals surface area contributed by atoms with Crippen molar-refractivity contribution in [1.29, 1.82) is 0 Å². The Morgan fingerprint density at radius 2 is 2.00 bits per heavy atom. The predicted octanol–water partition coefficient (Wildman–Crippen LogP) is 2.42. The maximum atomic E-state index is 12.8. The van der Waals surface area contributed by atoms with Crippen molar-refractivity contribution in [3.63, 3.8) is 0 Å². The first-order valence-corrected chi connectivity index (χ1v) is 8.80. The Morgan fingerprint density at radius 3 is 2.79 bits per heavy atom. The molecule has 4 rings (SSSR count). The number of carbonyl (C=O) groups excluding carboxylic acids is 1. The minimum absolute atomic E-state index is 0.0260. The third-order valence-electron chi connectivity index (χ3n) is 5.63. The lowest BCUT2D eigenvalue weighted by atomic mass is 9.85. The molecule has 2 fully saturated rings. The highest BCUT2D eigenvalue weighted by molar-refractivity contribution is 5.95. The van der Waals surface area contributed by atoms with Crippen LogP contribution in [0.5, 0.6) is 5.75 Å². The molecule has 1 aromatic rings. The molecular formula is C19H25NO4. The monoisotopic (exact) mass is 331 g/mol. The number of nitrogens with one attached hydrogen (secondary N) is 1. The van der Waals surface area contributed by atoms with E-state index >= 15 is 0 Å². The van der Waals surface area contributed by atoms with E-state index in [0.29, 0.717) is 32.0 Å². The van der Waals surface area contributed by atoms with Gasteiger partial charge in [-0.25, -0.2) is 0 Å². The van der Waals surface area contributed by atoms with E-state index < -0.39 is 0 Å². The quantitative estimate of drug-likeness (QED) is 0.904. The minimum Gasteiger partial charge on any atom is -0.492 e. The van der Waals surface area contributed by atoms with E-state index in [4.69, 9.17) is 14.2 Å². The standard InChI is InChI=1S/C19H25NO4/c1-18(2)12-23-15-4-3-13(11-14(15)18)17(21)20-16-5-8-24-19(16)6-9-22-10-7-19/h3-4,11,16H,5-10,12H2,1-2H3,(H,20,21). The van der Waals surface area contributed by atoms with Crippen molar-refractivity contribution in [2.75, 3.05) is 26.4 Å². The molecule has 1 spiro atoms. The van der Waals surface area contributed by atoms with Crippen LogP contribution in [0.4, 0.5) is 0 Å². The lowest BCUT2D eigenvalue weighted by Crippen LogP contribution is -2.52. The Hall–Kier alpha value is -1.59. The molecular weight excluding hydrogens is 306 g/mol. The zero-order valence-corrected chi connectivity index (χ0v) is 14.4. The third kappa shape index (κ3) is 2.60. The molecule has 130 valence electrons. The van der Waals surface area contributed by atoms with Crippen LogP contribution in [-0.2, 0) is 14.9 Å². The smallest absolute Gasteiger partial charge is 0.251 e. The van der Waals surface area contributed by atoms with Crippen molar-refractivity contribution in [2.45, 2.75) is 50.2 Å². The number of hydrogen-bond acceptors (Lipinski definition) is 4. The Labute approximate surface area is 142 Å². The van der Waals surface area contributed by atoms with Crippen LogP contribution < -0.4 is 10.1 Å². The van der Waals surface area contributed by atoms with Crippen LogP contribution >= 0.6 is 0 Å². The zero-order valence-electron chi connectivity index (χ0n) is 14.4. The first-order valence-electron chi connectivity index (χ1n) is 8.80. The Balaban J connectivity index is 1.53. The van der Waals surface area contributed by atoms with Gasteiger partial charge in [0, 0.05) is 49.2 Å². The molecule has 5 heteroatoms. The molecule has 1 unspecified atom stereocenters. The molecule has 5 nitrogen and oxygen atoms in total. The van der Waals surface area contributed by atoms with Crippen LogP contribution in [0, 0.1) is 0 Å². The molecule has 1 amide bonds. The van der Waals surface area contributed by atoms with Gasteiger partial charge >= 0.3 is 0 Å². The topological polar surface area (TPSA) is 56.8 Å². The maximum Gasteiger partial charge on any atom is 0.251 e. The Morgan fingerprint density at radius 1 is 1.21 bits per heavy atom. The molecule has 0 radical (unpaired) electrons. The number of ether oxygens (including phenoxy) is 3. The van der Waals surface area contributed by atoms with E-state index in [9.17, 15) is 4.79 Å². The van der Waals surface area contributed by atoms with Crippen molar-refractivity contribution in [3.8, 4) is 5.75 Å². The van der Waals surface area contributed by atoms with E-state index in [-0.39, 0.29) is 23.0 Å². The predicted molar refractivity (Wildman–Crippen MR) is 89.6 cm³/mol. The van der Waals surface area contributed by atoms with Gasteiger partial charge in [-0.05, 0) is 24.6 Å². The molecule has 24 heavy (non-hydrogen) atoms. The molecule has 1 atom stereocenters. The molecule has 1 N–H and O–H groups in total. The largest absolute Gasteiger partial charge is 0.492 e. The normalized spacial score (nSPS) is 26.8. The van der Waals surface area contributed by atoms with Gasteiger partial charge < -0.3 is 19.5 Å². The number of fused-ring (bicyclic) bond motifs is 1. The highest BCUT2D eigenvalue weighted by atomic mass is 16.5. The van der Waals surface area contributed by atoms with Gasteiger partial charge in [0.25, 0.3) is 5.91 Å². The van der Waals surface area contributed by atoms with Crippen LogP contribution in [-0.4, -0.2) is 44.0 Å². The van der Waals surface area contributed by atoms with E-state index in [0.717, 1.165) is 30.6 Å². The van der Waals surface area contributed by atoms with E-state index in [1.54, 1.807) is 0 Å². The fourth-order valence-electron chi connectivity index (χ4n) is 4.06. The Bertz CT molecular complexity index is 649. The van der Waals surface area contributed by atoms with Crippen LogP contribution in [0.15, 0.2) is 18.2 Å². The van der Waals surface area contributed by atoms with Crippen molar-refractivity contribution in [3.05, 3.63) is 29.3 Å². The molecule has 3 aliphatic rings. The number of hydrogen-bond donors (Lipinski definition) is 1. The molecule has 1 aromatic carbocycles. The van der Waals surface area contributed by atoms with E-state index in [1.807, 2.05) is 18.2 Å². The fourth-order valence-corrected chi connectivity index (χ4v) is 4.06. The second kappa shape index (κ2) is 5.74. The number of carbonyl (C=O) groups is 1. The van der Waals surface area contributed by atoms with Gasteiger partial charge in [0.1, 0.15) is 5.75 Å². The molecule has 0 aromatic heterocycles. The molecule has 0 aliphatic carbocycles. The van der Waals surface area contributed by atoms with Crippen molar-refractivity contribution >= 4 is 5.91 Å². The summed E-state index contributed by atoms with van der Waals surface area (Å²) in [5, 5.41) is 3.21. The highest BCUT2D eigenvalue weighted by Gasteiger charge is 2.46. The maximum absolute atomic E-state index is 12.8. The van der Waals surface area contributed by atoms with Crippen LogP contribution in [0.25, 0.3) is 0 Å². The summed E-state index contributed by atoms with van der Waals surface area (Å²) < 4.78 is 17.2. The lowest BCUT2D eigenvalue weighted by molar-refractivity contribution is -0.0872. The van der Waals surface area contributed by atoms with Crippen molar-refractivity contribution in [1.82, 2.24) is 5.32 Å². The SMILES string of the molecule is CC1(C)COc2ccc(C(=O)NC3CCOC34CCOCC4)cc21. The summed E-state index contributed by atoms with van der Waals surface area (Å²) in [7, 11) is 0. The summed E-state index contributed by atoms with van der Waals surface area (Å²) in [5.41, 5.74) is 1.51. The average molecular weight is 331 g/mol. The molecule has 3 aliphatic heterocycles. The molecule has 3 heterocycles. The number of rotatable bonds is 2. The zero-order chi connectivity index (χ0) is 16.8. The number of benzene rings is 1. The molecule has 0 saturated carbocycles. The van der Waals surface area contributed by atoms with Gasteiger partial charge in [0.2, 0.25) is 0 Å². The minimum atomic E-state index is -0.243. The van der Waals surface area contributed by atoms with Gasteiger partial charge in [-0.1, -0.05) is 13.8 Å². The number of amides is 1. The molecule has 2 saturated heterocycles. The van der Waals surface area contributed by atoms with Gasteiger partial charge in [-0.3, -0.25) is 4.79 Å². The second-order valence-electron chi connectivity index (χ2n) is 7.72. The summed E-state index contributed by atoms with van der Waals surface area (Å²) >= 11 is 0. The van der Waals surface area contributed by atoms with Crippen LogP contribution in [0.3, 0.4) is 0 Å². The first kappa shape index (κ1) is 15.9. The first-order chi connectivity index (χ1) is 11.5. The fraction of sp³-hybridized carbons (Fsp3) is 0.632. The van der Waals surface area contributed by atoms with Gasteiger partial charge in [0.05, 0.1) is 18.2 Å². The summed E-state index contributed by atoms with van der Waals surface area (Å²) in [5.74, 6) is 0.864. The van der Waals surface area contributed by atoms with Gasteiger partial charge in [-0.15, -0.1) is 0 Å². The van der Waals surface area contributed by atoms with Gasteiger partial charge in [-0.2, -0.15) is 0 Å². The van der Waals surface area contributed by atoms with E-state index in [2.05, 4.69) is 19.2 Å². The third-order valence-corrected chi connectivity index (χ3v) is 5.63. The Kier molecular flexibility index (Phi) is 3.81. The van der Waals surface area contributed by atoms with Gasteiger partial charge in [0.15, 0.2) is 0 Å².